The van der Waals surface area contributed by atoms with Gasteiger partial charge in [-0.3, -0.25) is 14.4 Å². The molecule has 0 unspecified atom stereocenters. The van der Waals surface area contributed by atoms with Gasteiger partial charge < -0.3 is 24.6 Å². The van der Waals surface area contributed by atoms with Crippen LogP contribution in [0.4, 0.5) is 5.82 Å². The number of hydrogen-bond acceptors (Lipinski definition) is 8. The minimum atomic E-state index is -0.663. The number of anilines is 1. The minimum Gasteiger partial charge on any atom is -0.360 e. The SMILES string of the molecule is Cc1cc(NC(=O)Cc2noc(C(=O)NCC(=O)N3CCCC3)n2)no1. The summed E-state index contributed by atoms with van der Waals surface area (Å²) in [6, 6.07) is 1.56. The van der Waals surface area contributed by atoms with Gasteiger partial charge >= 0.3 is 11.8 Å². The second-order valence-corrected chi connectivity index (χ2v) is 5.83. The third-order valence-electron chi connectivity index (χ3n) is 3.74. The molecule has 3 heterocycles. The second-order valence-electron chi connectivity index (χ2n) is 5.83. The van der Waals surface area contributed by atoms with E-state index in [9.17, 15) is 14.4 Å². The van der Waals surface area contributed by atoms with E-state index < -0.39 is 11.8 Å². The number of carbonyl (C=O) groups is 3. The number of nitrogens with zero attached hydrogens (tertiary/aromatic N) is 4. The van der Waals surface area contributed by atoms with Crippen molar-refractivity contribution in [3.8, 4) is 0 Å². The number of nitrogens with one attached hydrogen (secondary N) is 2. The van der Waals surface area contributed by atoms with Crippen molar-refractivity contribution in [2.24, 2.45) is 0 Å². The Kier molecular flexibility index (Phi) is 5.25. The summed E-state index contributed by atoms with van der Waals surface area (Å²) in [5.41, 5.74) is 0. The average molecular weight is 362 g/mol. The summed E-state index contributed by atoms with van der Waals surface area (Å²) in [4.78, 5) is 41.3. The molecule has 11 nitrogen and oxygen atoms in total. The number of aromatic nitrogens is 3. The lowest BCUT2D eigenvalue weighted by molar-refractivity contribution is -0.129. The van der Waals surface area contributed by atoms with E-state index >= 15 is 0 Å². The Morgan fingerprint density at radius 2 is 1.96 bits per heavy atom. The molecule has 2 aromatic rings. The summed E-state index contributed by atoms with van der Waals surface area (Å²) in [5, 5.41) is 12.2. The molecule has 26 heavy (non-hydrogen) atoms. The average Bonchev–Trinajstić information content (AvgIpc) is 3.34. The molecule has 0 radical (unpaired) electrons. The van der Waals surface area contributed by atoms with Gasteiger partial charge in [0.2, 0.25) is 11.8 Å². The molecular weight excluding hydrogens is 344 g/mol. The highest BCUT2D eigenvalue weighted by Gasteiger charge is 2.21. The van der Waals surface area contributed by atoms with Crippen molar-refractivity contribution >= 4 is 23.5 Å². The summed E-state index contributed by atoms with van der Waals surface area (Å²) in [5.74, 6) is -0.688. The number of aryl methyl sites for hydroxylation is 1. The van der Waals surface area contributed by atoms with Crippen LogP contribution < -0.4 is 10.6 Å². The van der Waals surface area contributed by atoms with Crippen LogP contribution >= 0.6 is 0 Å². The zero-order chi connectivity index (χ0) is 18.5. The fourth-order valence-corrected chi connectivity index (χ4v) is 2.48. The van der Waals surface area contributed by atoms with Gasteiger partial charge in [-0.05, 0) is 19.8 Å². The maximum Gasteiger partial charge on any atom is 0.315 e. The Labute approximate surface area is 148 Å². The van der Waals surface area contributed by atoms with E-state index in [-0.39, 0.29) is 36.4 Å². The summed E-state index contributed by atoms with van der Waals surface area (Å²) in [6.45, 7) is 2.98. The van der Waals surface area contributed by atoms with Gasteiger partial charge in [-0.25, -0.2) is 0 Å². The van der Waals surface area contributed by atoms with Crippen LogP contribution in [0.5, 0.6) is 0 Å². The third-order valence-corrected chi connectivity index (χ3v) is 3.74. The van der Waals surface area contributed by atoms with Crippen LogP contribution in [0.25, 0.3) is 0 Å². The molecule has 1 fully saturated rings. The van der Waals surface area contributed by atoms with Gasteiger partial charge in [0.1, 0.15) is 5.76 Å². The molecule has 11 heteroatoms. The number of likely N-dealkylation sites (tertiary alicyclic amines) is 1. The first-order valence-electron chi connectivity index (χ1n) is 8.13. The molecule has 2 aromatic heterocycles. The lowest BCUT2D eigenvalue weighted by Crippen LogP contribution is -2.38. The molecule has 138 valence electrons. The van der Waals surface area contributed by atoms with Crippen LogP contribution in [-0.4, -0.2) is 57.6 Å². The summed E-state index contributed by atoms with van der Waals surface area (Å²) < 4.78 is 9.66. The standard InChI is InChI=1S/C15H18N6O5/c1-9-6-10(19-25-9)17-12(22)7-11-18-15(26-20-11)14(24)16-8-13(23)21-4-2-3-5-21/h6H,2-5,7-8H2,1H3,(H,16,24)(H,17,19,22). The van der Waals surface area contributed by atoms with Crippen molar-refractivity contribution < 1.29 is 23.4 Å². The minimum absolute atomic E-state index is 0.0405. The Hall–Kier alpha value is -3.24. The van der Waals surface area contributed by atoms with Gasteiger partial charge in [-0.2, -0.15) is 4.98 Å². The molecule has 0 aliphatic carbocycles. The molecule has 0 aromatic carbocycles. The first-order valence-corrected chi connectivity index (χ1v) is 8.13. The van der Waals surface area contributed by atoms with Gasteiger partial charge in [0.15, 0.2) is 11.6 Å². The Balaban J connectivity index is 1.47. The molecule has 0 spiro atoms. The van der Waals surface area contributed by atoms with E-state index in [1.165, 1.54) is 0 Å². The van der Waals surface area contributed by atoms with E-state index in [4.69, 9.17) is 9.05 Å². The quantitative estimate of drug-likeness (QED) is 0.725. The van der Waals surface area contributed by atoms with Crippen molar-refractivity contribution in [1.82, 2.24) is 25.5 Å². The third kappa shape index (κ3) is 4.43. The molecule has 3 amide bonds. The number of rotatable bonds is 6. The van der Waals surface area contributed by atoms with Gasteiger partial charge in [-0.1, -0.05) is 10.3 Å². The zero-order valence-electron chi connectivity index (χ0n) is 14.2. The van der Waals surface area contributed by atoms with Crippen molar-refractivity contribution in [1.29, 1.82) is 0 Å². The highest BCUT2D eigenvalue weighted by molar-refractivity contribution is 5.93. The van der Waals surface area contributed by atoms with Crippen LogP contribution in [0.1, 0.15) is 35.1 Å². The van der Waals surface area contributed by atoms with Crippen LogP contribution in [0.2, 0.25) is 0 Å². The molecule has 2 N–H and O–H groups in total. The van der Waals surface area contributed by atoms with Crippen molar-refractivity contribution in [3.63, 3.8) is 0 Å². The fraction of sp³-hybridized carbons (Fsp3) is 0.467. The maximum absolute atomic E-state index is 12.0. The van der Waals surface area contributed by atoms with E-state index in [0.717, 1.165) is 12.8 Å². The molecule has 1 aliphatic heterocycles. The summed E-state index contributed by atoms with van der Waals surface area (Å²) in [7, 11) is 0. The molecule has 0 atom stereocenters. The first kappa shape index (κ1) is 17.6. The fourth-order valence-electron chi connectivity index (χ4n) is 2.48. The molecule has 3 rings (SSSR count). The van der Waals surface area contributed by atoms with Crippen LogP contribution in [0.15, 0.2) is 15.1 Å². The van der Waals surface area contributed by atoms with Gasteiger partial charge in [0, 0.05) is 19.2 Å². The maximum atomic E-state index is 12.0. The molecule has 1 saturated heterocycles. The number of carbonyl (C=O) groups excluding carboxylic acids is 3. The van der Waals surface area contributed by atoms with E-state index in [2.05, 4.69) is 25.9 Å². The predicted octanol–water partition coefficient (Wildman–Crippen LogP) is -0.101. The number of amides is 3. The lowest BCUT2D eigenvalue weighted by Gasteiger charge is -2.14. The van der Waals surface area contributed by atoms with E-state index in [1.807, 2.05) is 0 Å². The van der Waals surface area contributed by atoms with Gasteiger partial charge in [0.25, 0.3) is 0 Å². The summed E-state index contributed by atoms with van der Waals surface area (Å²) >= 11 is 0. The largest absolute Gasteiger partial charge is 0.360 e. The van der Waals surface area contributed by atoms with E-state index in [1.54, 1.807) is 17.9 Å². The molecule has 0 bridgehead atoms. The lowest BCUT2D eigenvalue weighted by atomic mass is 10.3. The van der Waals surface area contributed by atoms with Crippen molar-refractivity contribution in [3.05, 3.63) is 23.5 Å². The normalized spacial score (nSPS) is 13.7. The highest BCUT2D eigenvalue weighted by Crippen LogP contribution is 2.08. The number of hydrogen-bond donors (Lipinski definition) is 2. The van der Waals surface area contributed by atoms with Gasteiger partial charge in [-0.15, -0.1) is 0 Å². The van der Waals surface area contributed by atoms with E-state index in [0.29, 0.717) is 18.8 Å². The second kappa shape index (κ2) is 7.76. The topological polar surface area (TPSA) is 143 Å². The Bertz CT molecular complexity index is 807. The van der Waals surface area contributed by atoms with Crippen LogP contribution in [0, 0.1) is 6.92 Å². The summed E-state index contributed by atoms with van der Waals surface area (Å²) in [6.07, 6.45) is 1.75. The Morgan fingerprint density at radius 3 is 2.65 bits per heavy atom. The zero-order valence-corrected chi connectivity index (χ0v) is 14.2. The van der Waals surface area contributed by atoms with Crippen molar-refractivity contribution in [2.45, 2.75) is 26.2 Å². The van der Waals surface area contributed by atoms with Crippen LogP contribution in [-0.2, 0) is 16.0 Å². The Morgan fingerprint density at radius 1 is 1.19 bits per heavy atom. The first-order chi connectivity index (χ1) is 12.5. The van der Waals surface area contributed by atoms with Crippen LogP contribution in [0.3, 0.4) is 0 Å². The molecule has 1 aliphatic rings. The molecule has 0 saturated carbocycles. The monoisotopic (exact) mass is 362 g/mol. The predicted molar refractivity (Wildman–Crippen MR) is 86.0 cm³/mol. The highest BCUT2D eigenvalue weighted by atomic mass is 16.5. The van der Waals surface area contributed by atoms with Crippen molar-refractivity contribution in [2.75, 3.05) is 25.0 Å². The smallest absolute Gasteiger partial charge is 0.315 e. The molecular formula is C15H18N6O5. The van der Waals surface area contributed by atoms with Gasteiger partial charge in [0.05, 0.1) is 13.0 Å².